The zero-order valence-electron chi connectivity index (χ0n) is 9.33. The summed E-state index contributed by atoms with van der Waals surface area (Å²) < 4.78 is 5.08. The molecule has 1 aliphatic rings. The Kier molecular flexibility index (Phi) is 2.80. The van der Waals surface area contributed by atoms with E-state index in [-0.39, 0.29) is 5.00 Å². The highest BCUT2D eigenvalue weighted by Crippen LogP contribution is 2.31. The average Bonchev–Trinajstić information content (AvgIpc) is 2.88. The van der Waals surface area contributed by atoms with E-state index in [0.717, 1.165) is 11.3 Å². The van der Waals surface area contributed by atoms with Gasteiger partial charge in [-0.2, -0.15) is 4.98 Å². The van der Waals surface area contributed by atoms with Crippen LogP contribution in [-0.4, -0.2) is 21.1 Å². The summed E-state index contributed by atoms with van der Waals surface area (Å²) in [7, 11) is 0. The van der Waals surface area contributed by atoms with Gasteiger partial charge in [-0.05, 0) is 18.9 Å². The molecule has 0 atom stereocenters. The number of nitrogens with zero attached hydrogens (tertiary/aromatic N) is 3. The van der Waals surface area contributed by atoms with Crippen LogP contribution < -0.4 is 5.32 Å². The number of hydrogen-bond donors (Lipinski definition) is 1. The molecule has 18 heavy (non-hydrogen) atoms. The molecule has 0 amide bonds. The van der Waals surface area contributed by atoms with E-state index in [1.807, 2.05) is 0 Å². The highest BCUT2D eigenvalue weighted by molar-refractivity contribution is 7.18. The number of rotatable bonds is 5. The van der Waals surface area contributed by atoms with Gasteiger partial charge in [0.05, 0.1) is 16.3 Å². The molecule has 0 spiro atoms. The SMILES string of the molecule is O=[N+]([O-])c1ccc(-c2nc(CNC3CC3)no2)s1. The van der Waals surface area contributed by atoms with Crippen LogP contribution in [0.1, 0.15) is 18.7 Å². The zero-order valence-corrected chi connectivity index (χ0v) is 10.1. The van der Waals surface area contributed by atoms with E-state index in [1.54, 1.807) is 6.07 Å². The smallest absolute Gasteiger partial charge is 0.324 e. The number of thiophene rings is 1. The molecule has 1 aliphatic carbocycles. The third-order valence-corrected chi connectivity index (χ3v) is 3.60. The van der Waals surface area contributed by atoms with Crippen molar-refractivity contribution in [1.82, 2.24) is 15.5 Å². The topological polar surface area (TPSA) is 94.1 Å². The van der Waals surface area contributed by atoms with Crippen molar-refractivity contribution in [3.8, 4) is 10.8 Å². The van der Waals surface area contributed by atoms with Crippen LogP contribution in [0.2, 0.25) is 0 Å². The van der Waals surface area contributed by atoms with Crippen molar-refractivity contribution < 1.29 is 9.45 Å². The van der Waals surface area contributed by atoms with Gasteiger partial charge >= 0.3 is 5.00 Å². The Balaban J connectivity index is 1.72. The Bertz CT molecular complexity index is 575. The predicted octanol–water partition coefficient (Wildman–Crippen LogP) is 1.96. The number of hydrogen-bond acceptors (Lipinski definition) is 7. The predicted molar refractivity (Wildman–Crippen MR) is 64.1 cm³/mol. The van der Waals surface area contributed by atoms with Gasteiger partial charge in [0.2, 0.25) is 0 Å². The standard InChI is InChI=1S/C10H10N4O3S/c15-14(16)9-4-3-7(18-9)10-12-8(13-17-10)5-11-6-1-2-6/h3-4,6,11H,1-2,5H2. The van der Waals surface area contributed by atoms with Gasteiger partial charge in [-0.25, -0.2) is 0 Å². The maximum Gasteiger partial charge on any atom is 0.324 e. The zero-order chi connectivity index (χ0) is 12.5. The first-order valence-electron chi connectivity index (χ1n) is 5.53. The van der Waals surface area contributed by atoms with Crippen LogP contribution in [0.5, 0.6) is 0 Å². The van der Waals surface area contributed by atoms with Gasteiger partial charge in [-0.3, -0.25) is 10.1 Å². The molecule has 1 saturated carbocycles. The van der Waals surface area contributed by atoms with E-state index in [2.05, 4.69) is 15.5 Å². The summed E-state index contributed by atoms with van der Waals surface area (Å²) in [5.74, 6) is 0.911. The third-order valence-electron chi connectivity index (χ3n) is 2.58. The van der Waals surface area contributed by atoms with E-state index < -0.39 is 4.92 Å². The van der Waals surface area contributed by atoms with Gasteiger partial charge < -0.3 is 9.84 Å². The largest absolute Gasteiger partial charge is 0.333 e. The summed E-state index contributed by atoms with van der Waals surface area (Å²) in [6.45, 7) is 0.571. The fraction of sp³-hybridized carbons (Fsp3) is 0.400. The molecule has 0 aromatic carbocycles. The van der Waals surface area contributed by atoms with Crippen molar-refractivity contribution >= 4 is 16.3 Å². The van der Waals surface area contributed by atoms with Crippen molar-refractivity contribution in [3.05, 3.63) is 28.1 Å². The Morgan fingerprint density at radius 3 is 3.06 bits per heavy atom. The van der Waals surface area contributed by atoms with Gasteiger partial charge in [-0.15, -0.1) is 0 Å². The van der Waals surface area contributed by atoms with Crippen LogP contribution in [0.4, 0.5) is 5.00 Å². The summed E-state index contributed by atoms with van der Waals surface area (Å²) in [6.07, 6.45) is 2.39. The first-order valence-corrected chi connectivity index (χ1v) is 6.34. The average molecular weight is 266 g/mol. The molecule has 1 fully saturated rings. The van der Waals surface area contributed by atoms with E-state index >= 15 is 0 Å². The molecule has 3 rings (SSSR count). The minimum atomic E-state index is -0.430. The lowest BCUT2D eigenvalue weighted by molar-refractivity contribution is -0.380. The van der Waals surface area contributed by atoms with Crippen molar-refractivity contribution in [2.45, 2.75) is 25.4 Å². The second kappa shape index (κ2) is 4.46. The summed E-state index contributed by atoms with van der Waals surface area (Å²) in [5.41, 5.74) is 0. The van der Waals surface area contributed by atoms with Crippen molar-refractivity contribution in [2.75, 3.05) is 0 Å². The molecule has 0 radical (unpaired) electrons. The van der Waals surface area contributed by atoms with E-state index in [4.69, 9.17) is 4.52 Å². The number of aromatic nitrogens is 2. The first-order chi connectivity index (χ1) is 8.72. The molecule has 7 nitrogen and oxygen atoms in total. The van der Waals surface area contributed by atoms with E-state index in [9.17, 15) is 10.1 Å². The monoisotopic (exact) mass is 266 g/mol. The highest BCUT2D eigenvalue weighted by atomic mass is 32.1. The normalized spacial score (nSPS) is 14.9. The molecule has 1 N–H and O–H groups in total. The maximum atomic E-state index is 10.6. The third kappa shape index (κ3) is 2.39. The number of nitro groups is 1. The molecule has 2 heterocycles. The Labute approximate surface area is 106 Å². The summed E-state index contributed by atoms with van der Waals surface area (Å²) in [4.78, 5) is 15.0. The Morgan fingerprint density at radius 2 is 2.39 bits per heavy atom. The molecule has 0 unspecified atom stereocenters. The summed E-state index contributed by atoms with van der Waals surface area (Å²) in [6, 6.07) is 3.63. The lowest BCUT2D eigenvalue weighted by atomic mass is 10.4. The highest BCUT2D eigenvalue weighted by Gasteiger charge is 2.21. The van der Waals surface area contributed by atoms with Crippen LogP contribution in [0, 0.1) is 10.1 Å². The van der Waals surface area contributed by atoms with Crippen LogP contribution in [0.15, 0.2) is 16.7 Å². The van der Waals surface area contributed by atoms with Crippen molar-refractivity contribution in [3.63, 3.8) is 0 Å². The van der Waals surface area contributed by atoms with Gasteiger partial charge in [0.15, 0.2) is 5.82 Å². The van der Waals surface area contributed by atoms with Crippen LogP contribution in [0.3, 0.4) is 0 Å². The summed E-state index contributed by atoms with van der Waals surface area (Å²) >= 11 is 1.03. The molecule has 8 heteroatoms. The molecular formula is C10H10N4O3S. The molecule has 2 aromatic heterocycles. The quantitative estimate of drug-likeness (QED) is 0.656. The van der Waals surface area contributed by atoms with E-state index in [1.165, 1.54) is 18.9 Å². The van der Waals surface area contributed by atoms with Crippen LogP contribution in [-0.2, 0) is 6.54 Å². The fourth-order valence-corrected chi connectivity index (χ4v) is 2.23. The fourth-order valence-electron chi connectivity index (χ4n) is 1.49. The molecule has 0 bridgehead atoms. The second-order valence-corrected chi connectivity index (χ2v) is 5.13. The maximum absolute atomic E-state index is 10.6. The lowest BCUT2D eigenvalue weighted by Crippen LogP contribution is -2.16. The number of nitrogens with one attached hydrogen (secondary N) is 1. The Hall–Kier alpha value is -1.80. The van der Waals surface area contributed by atoms with Crippen LogP contribution in [0.25, 0.3) is 10.8 Å². The Morgan fingerprint density at radius 1 is 1.56 bits per heavy atom. The molecular weight excluding hydrogens is 256 g/mol. The van der Waals surface area contributed by atoms with Gasteiger partial charge in [0.1, 0.15) is 0 Å². The molecule has 0 saturated heterocycles. The lowest BCUT2D eigenvalue weighted by Gasteiger charge is -1.94. The van der Waals surface area contributed by atoms with Crippen molar-refractivity contribution in [1.29, 1.82) is 0 Å². The van der Waals surface area contributed by atoms with Gasteiger partial charge in [-0.1, -0.05) is 16.5 Å². The van der Waals surface area contributed by atoms with Gasteiger partial charge in [0, 0.05) is 12.1 Å². The molecule has 0 aliphatic heterocycles. The first kappa shape index (κ1) is 11.3. The van der Waals surface area contributed by atoms with Gasteiger partial charge in [0.25, 0.3) is 5.89 Å². The minimum absolute atomic E-state index is 0.0702. The van der Waals surface area contributed by atoms with Crippen LogP contribution >= 0.6 is 11.3 Å². The van der Waals surface area contributed by atoms with Crippen molar-refractivity contribution in [2.24, 2.45) is 0 Å². The minimum Gasteiger partial charge on any atom is -0.333 e. The summed E-state index contributed by atoms with van der Waals surface area (Å²) in [5, 5.41) is 17.8. The molecule has 2 aromatic rings. The van der Waals surface area contributed by atoms with E-state index in [0.29, 0.717) is 29.2 Å². The second-order valence-electron chi connectivity index (χ2n) is 4.07. The molecule has 94 valence electrons.